The number of carbonyl (C=O) groups excluding carboxylic acids is 1. The first-order chi connectivity index (χ1) is 10.1. The van der Waals surface area contributed by atoms with E-state index in [2.05, 4.69) is 9.97 Å². The molecule has 1 aliphatic heterocycles. The van der Waals surface area contributed by atoms with Gasteiger partial charge in [0.05, 0.1) is 27.7 Å². The fraction of sp³-hybridized carbons (Fsp3) is 0.154. The van der Waals surface area contributed by atoms with Crippen LogP contribution in [-0.2, 0) is 13.1 Å². The Hall–Kier alpha value is -2.54. The quantitative estimate of drug-likeness (QED) is 0.626. The van der Waals surface area contributed by atoms with Crippen molar-refractivity contribution in [1.29, 1.82) is 0 Å². The van der Waals surface area contributed by atoms with Gasteiger partial charge in [-0.25, -0.2) is 9.97 Å². The molecule has 21 heavy (non-hydrogen) atoms. The molecular weight excluding hydrogens is 296 g/mol. The fourth-order valence-electron chi connectivity index (χ4n) is 2.21. The van der Waals surface area contributed by atoms with Gasteiger partial charge in [-0.2, -0.15) is 0 Å². The molecule has 1 aromatic heterocycles. The van der Waals surface area contributed by atoms with Crippen LogP contribution < -0.4 is 0 Å². The van der Waals surface area contributed by atoms with Crippen molar-refractivity contribution < 1.29 is 9.72 Å². The number of rotatable bonds is 2. The zero-order chi connectivity index (χ0) is 15.0. The van der Waals surface area contributed by atoms with Crippen LogP contribution in [0.1, 0.15) is 21.6 Å². The van der Waals surface area contributed by atoms with Crippen molar-refractivity contribution in [2.45, 2.75) is 13.1 Å². The molecule has 2 heterocycles. The Morgan fingerprint density at radius 2 is 2.19 bits per heavy atom. The number of carbonyl (C=O) groups is 1. The molecule has 0 radical (unpaired) electrons. The van der Waals surface area contributed by atoms with E-state index in [-0.39, 0.29) is 22.2 Å². The Morgan fingerprint density at radius 1 is 1.38 bits per heavy atom. The van der Waals surface area contributed by atoms with Crippen molar-refractivity contribution in [3.63, 3.8) is 0 Å². The second kappa shape index (κ2) is 5.10. The molecule has 106 valence electrons. The number of fused-ring (bicyclic) bond motifs is 1. The minimum atomic E-state index is -0.554. The van der Waals surface area contributed by atoms with Crippen LogP contribution in [0.3, 0.4) is 0 Å². The predicted octanol–water partition coefficient (Wildman–Crippen LogP) is 2.19. The summed E-state index contributed by atoms with van der Waals surface area (Å²) in [6, 6.07) is 3.82. The molecule has 0 fully saturated rings. The van der Waals surface area contributed by atoms with Crippen molar-refractivity contribution in [3.8, 4) is 0 Å². The number of hydrogen-bond acceptors (Lipinski definition) is 5. The second-order valence-electron chi connectivity index (χ2n) is 4.58. The minimum absolute atomic E-state index is 0.0660. The Kier molecular flexibility index (Phi) is 3.26. The lowest BCUT2D eigenvalue weighted by atomic mass is 10.2. The van der Waals surface area contributed by atoms with Gasteiger partial charge in [-0.05, 0) is 6.07 Å². The number of nitrogens with zero attached hydrogens (tertiary/aromatic N) is 4. The molecule has 0 atom stereocenters. The lowest BCUT2D eigenvalue weighted by Gasteiger charge is -2.15. The zero-order valence-electron chi connectivity index (χ0n) is 10.7. The first-order valence-corrected chi connectivity index (χ1v) is 6.45. The predicted molar refractivity (Wildman–Crippen MR) is 73.7 cm³/mol. The maximum Gasteiger partial charge on any atom is 0.270 e. The van der Waals surface area contributed by atoms with Crippen LogP contribution in [0.5, 0.6) is 0 Å². The number of non-ortho nitro benzene ring substituents is 1. The SMILES string of the molecule is O=C(c1ccc([N+](=O)[O-])cc1Cl)N1Cc2cncnc2C1. The second-order valence-corrected chi connectivity index (χ2v) is 4.98. The molecule has 8 heteroatoms. The summed E-state index contributed by atoms with van der Waals surface area (Å²) in [5.74, 6) is -0.284. The summed E-state index contributed by atoms with van der Waals surface area (Å²) in [7, 11) is 0. The fourth-order valence-corrected chi connectivity index (χ4v) is 2.46. The molecule has 0 N–H and O–H groups in total. The molecule has 0 aliphatic carbocycles. The standard InChI is InChI=1S/C13H9ClN4O3/c14-11-3-9(18(20)21)1-2-10(11)13(19)17-5-8-4-15-7-16-12(8)6-17/h1-4,7H,5-6H2. The summed E-state index contributed by atoms with van der Waals surface area (Å²) in [5.41, 5.74) is 1.79. The molecule has 1 aromatic carbocycles. The van der Waals surface area contributed by atoms with E-state index in [1.165, 1.54) is 24.5 Å². The highest BCUT2D eigenvalue weighted by atomic mass is 35.5. The third kappa shape index (κ3) is 2.43. The van der Waals surface area contributed by atoms with Crippen LogP contribution in [0.2, 0.25) is 5.02 Å². The molecule has 1 aliphatic rings. The minimum Gasteiger partial charge on any atom is -0.328 e. The van der Waals surface area contributed by atoms with Crippen LogP contribution in [0.25, 0.3) is 0 Å². The first-order valence-electron chi connectivity index (χ1n) is 6.07. The van der Waals surface area contributed by atoms with Gasteiger partial charge in [0.15, 0.2) is 0 Å². The van der Waals surface area contributed by atoms with Gasteiger partial charge >= 0.3 is 0 Å². The number of nitro groups is 1. The van der Waals surface area contributed by atoms with Crippen LogP contribution in [0.4, 0.5) is 5.69 Å². The number of amides is 1. The van der Waals surface area contributed by atoms with Gasteiger partial charge in [-0.1, -0.05) is 11.6 Å². The van der Waals surface area contributed by atoms with Crippen molar-refractivity contribution in [2.75, 3.05) is 0 Å². The summed E-state index contributed by atoms with van der Waals surface area (Å²) in [6.45, 7) is 0.784. The van der Waals surface area contributed by atoms with Crippen LogP contribution in [-0.4, -0.2) is 25.7 Å². The molecule has 2 aromatic rings. The maximum atomic E-state index is 12.4. The Morgan fingerprint density at radius 3 is 2.86 bits per heavy atom. The molecular formula is C13H9ClN4O3. The zero-order valence-corrected chi connectivity index (χ0v) is 11.4. The summed E-state index contributed by atoms with van der Waals surface area (Å²) >= 11 is 5.98. The van der Waals surface area contributed by atoms with Crippen molar-refractivity contribution >= 4 is 23.2 Å². The Bertz CT molecular complexity index is 725. The van der Waals surface area contributed by atoms with Gasteiger partial charge in [-0.15, -0.1) is 0 Å². The number of aromatic nitrogens is 2. The molecule has 0 saturated heterocycles. The van der Waals surface area contributed by atoms with E-state index in [0.29, 0.717) is 13.1 Å². The largest absolute Gasteiger partial charge is 0.328 e. The monoisotopic (exact) mass is 304 g/mol. The number of hydrogen-bond donors (Lipinski definition) is 0. The molecule has 7 nitrogen and oxygen atoms in total. The maximum absolute atomic E-state index is 12.4. The topological polar surface area (TPSA) is 89.2 Å². The number of nitro benzene ring substituents is 1. The number of halogens is 1. The van der Waals surface area contributed by atoms with Gasteiger partial charge in [0.25, 0.3) is 11.6 Å². The summed E-state index contributed by atoms with van der Waals surface area (Å²) < 4.78 is 0. The third-order valence-electron chi connectivity index (χ3n) is 3.26. The van der Waals surface area contributed by atoms with Gasteiger partial charge in [-0.3, -0.25) is 14.9 Å². The van der Waals surface area contributed by atoms with Crippen molar-refractivity contribution in [3.05, 3.63) is 62.7 Å². The molecule has 0 spiro atoms. The Balaban J connectivity index is 1.86. The van der Waals surface area contributed by atoms with Crippen LogP contribution in [0, 0.1) is 10.1 Å². The van der Waals surface area contributed by atoms with Crippen LogP contribution in [0.15, 0.2) is 30.7 Å². The van der Waals surface area contributed by atoms with Crippen molar-refractivity contribution in [2.24, 2.45) is 0 Å². The van der Waals surface area contributed by atoms with E-state index in [4.69, 9.17) is 11.6 Å². The van der Waals surface area contributed by atoms with E-state index < -0.39 is 4.92 Å². The first kappa shape index (κ1) is 13.4. The highest BCUT2D eigenvalue weighted by Crippen LogP contribution is 2.27. The van der Waals surface area contributed by atoms with Gasteiger partial charge < -0.3 is 4.90 Å². The lowest BCUT2D eigenvalue weighted by Crippen LogP contribution is -2.25. The molecule has 0 bridgehead atoms. The number of benzene rings is 1. The average Bonchev–Trinajstić information content (AvgIpc) is 2.90. The molecule has 0 saturated carbocycles. The van der Waals surface area contributed by atoms with Crippen LogP contribution >= 0.6 is 11.6 Å². The molecule has 3 rings (SSSR count). The lowest BCUT2D eigenvalue weighted by molar-refractivity contribution is -0.384. The third-order valence-corrected chi connectivity index (χ3v) is 3.58. The van der Waals surface area contributed by atoms with Crippen molar-refractivity contribution in [1.82, 2.24) is 14.9 Å². The van der Waals surface area contributed by atoms with Gasteiger partial charge in [0, 0.05) is 30.4 Å². The van der Waals surface area contributed by atoms with E-state index in [0.717, 1.165) is 11.3 Å². The van der Waals surface area contributed by atoms with E-state index >= 15 is 0 Å². The van der Waals surface area contributed by atoms with Gasteiger partial charge in [0.2, 0.25) is 0 Å². The summed E-state index contributed by atoms with van der Waals surface area (Å²) in [6.07, 6.45) is 3.11. The highest BCUT2D eigenvalue weighted by molar-refractivity contribution is 6.34. The normalized spacial score (nSPS) is 13.1. The summed E-state index contributed by atoms with van der Waals surface area (Å²) in [5, 5.41) is 10.7. The molecule has 1 amide bonds. The van der Waals surface area contributed by atoms with E-state index in [9.17, 15) is 14.9 Å². The van der Waals surface area contributed by atoms with Gasteiger partial charge in [0.1, 0.15) is 6.33 Å². The smallest absolute Gasteiger partial charge is 0.270 e. The highest BCUT2D eigenvalue weighted by Gasteiger charge is 2.27. The molecule has 0 unspecified atom stereocenters. The Labute approximate surface area is 124 Å². The summed E-state index contributed by atoms with van der Waals surface area (Å²) in [4.78, 5) is 32.2. The average molecular weight is 305 g/mol. The van der Waals surface area contributed by atoms with E-state index in [1.807, 2.05) is 0 Å². The van der Waals surface area contributed by atoms with E-state index in [1.54, 1.807) is 11.1 Å².